The molecule has 25 heavy (non-hydrogen) atoms. The van der Waals surface area contributed by atoms with E-state index in [0.29, 0.717) is 6.42 Å². The topological polar surface area (TPSA) is 85.5 Å². The number of nitrogens with one attached hydrogen (secondary N) is 2. The summed E-state index contributed by atoms with van der Waals surface area (Å²) in [6, 6.07) is 7.04. The van der Waals surface area contributed by atoms with Gasteiger partial charge in [-0.1, -0.05) is 18.2 Å². The third-order valence-electron chi connectivity index (χ3n) is 5.11. The lowest BCUT2D eigenvalue weighted by molar-refractivity contribution is -0.158. The van der Waals surface area contributed by atoms with E-state index in [1.807, 2.05) is 24.3 Å². The largest absolute Gasteiger partial charge is 0.356 e. The molecule has 4 rings (SSSR count). The third kappa shape index (κ3) is 2.38. The zero-order valence-electron chi connectivity index (χ0n) is 14.2. The highest BCUT2D eigenvalue weighted by Gasteiger charge is 2.46. The van der Waals surface area contributed by atoms with E-state index < -0.39 is 6.04 Å². The van der Waals surface area contributed by atoms with Crippen molar-refractivity contribution in [3.05, 3.63) is 35.5 Å². The lowest BCUT2D eigenvalue weighted by Crippen LogP contribution is -2.63. The summed E-state index contributed by atoms with van der Waals surface area (Å²) in [5.41, 5.74) is 2.95. The first kappa shape index (κ1) is 15.7. The fraction of sp³-hybridized carbons (Fsp3) is 0.389. The van der Waals surface area contributed by atoms with Crippen LogP contribution in [0.3, 0.4) is 0 Å². The normalized spacial score (nSPS) is 22.8. The monoisotopic (exact) mass is 340 g/mol. The van der Waals surface area contributed by atoms with E-state index in [1.165, 1.54) is 11.8 Å². The van der Waals surface area contributed by atoms with E-state index in [0.717, 1.165) is 22.2 Å². The van der Waals surface area contributed by atoms with Gasteiger partial charge >= 0.3 is 0 Å². The van der Waals surface area contributed by atoms with Gasteiger partial charge in [-0.25, -0.2) is 0 Å². The number of carbonyl (C=O) groups excluding carboxylic acids is 3. The Morgan fingerprint density at radius 3 is 2.84 bits per heavy atom. The molecule has 1 aromatic carbocycles. The summed E-state index contributed by atoms with van der Waals surface area (Å²) in [7, 11) is 1.66. The number of amides is 3. The van der Waals surface area contributed by atoms with Gasteiger partial charge in [-0.2, -0.15) is 0 Å². The van der Waals surface area contributed by atoms with Crippen LogP contribution in [-0.2, 0) is 20.8 Å². The van der Waals surface area contributed by atoms with Crippen molar-refractivity contribution in [3.63, 3.8) is 0 Å². The van der Waals surface area contributed by atoms with Crippen molar-refractivity contribution >= 4 is 28.6 Å². The Morgan fingerprint density at radius 2 is 2.08 bits per heavy atom. The molecule has 7 heteroatoms. The second-order valence-corrected chi connectivity index (χ2v) is 6.73. The number of benzene rings is 1. The molecule has 130 valence electrons. The minimum absolute atomic E-state index is 0.0524. The van der Waals surface area contributed by atoms with Crippen molar-refractivity contribution in [2.24, 2.45) is 0 Å². The van der Waals surface area contributed by atoms with Crippen LogP contribution in [0, 0.1) is 0 Å². The molecule has 1 unspecified atom stereocenters. The summed E-state index contributed by atoms with van der Waals surface area (Å²) in [5.74, 6) is -0.303. The van der Waals surface area contributed by atoms with Crippen molar-refractivity contribution in [2.75, 3.05) is 20.1 Å². The first-order valence-electron chi connectivity index (χ1n) is 8.37. The molecule has 2 aromatic rings. The maximum Gasteiger partial charge on any atom is 0.245 e. The van der Waals surface area contributed by atoms with Gasteiger partial charge in [-0.3, -0.25) is 14.4 Å². The SMILES string of the molecule is CC(=O)NCC1c2[nH]c3ccccc3c2C[C@@H]2C(=O)N(C)CC(=O)N12. The maximum atomic E-state index is 12.7. The Morgan fingerprint density at radius 1 is 1.32 bits per heavy atom. The second-order valence-electron chi connectivity index (χ2n) is 6.73. The molecule has 0 radical (unpaired) electrons. The number of carbonyl (C=O) groups is 3. The highest BCUT2D eigenvalue weighted by Crippen LogP contribution is 2.38. The van der Waals surface area contributed by atoms with E-state index >= 15 is 0 Å². The highest BCUT2D eigenvalue weighted by molar-refractivity contribution is 5.97. The smallest absolute Gasteiger partial charge is 0.245 e. The van der Waals surface area contributed by atoms with E-state index in [2.05, 4.69) is 10.3 Å². The van der Waals surface area contributed by atoms with Crippen LogP contribution in [0.15, 0.2) is 24.3 Å². The molecule has 2 aliphatic heterocycles. The van der Waals surface area contributed by atoms with E-state index in [-0.39, 0.29) is 36.9 Å². The van der Waals surface area contributed by atoms with Gasteiger partial charge in [0.25, 0.3) is 0 Å². The van der Waals surface area contributed by atoms with Crippen molar-refractivity contribution in [2.45, 2.75) is 25.4 Å². The third-order valence-corrected chi connectivity index (χ3v) is 5.11. The number of piperazine rings is 1. The van der Waals surface area contributed by atoms with E-state index in [9.17, 15) is 14.4 Å². The second kappa shape index (κ2) is 5.61. The van der Waals surface area contributed by atoms with Gasteiger partial charge < -0.3 is 20.1 Å². The molecule has 1 fully saturated rings. The maximum absolute atomic E-state index is 12.7. The zero-order valence-corrected chi connectivity index (χ0v) is 14.2. The predicted molar refractivity (Wildman–Crippen MR) is 91.7 cm³/mol. The quantitative estimate of drug-likeness (QED) is 0.838. The Labute approximate surface area is 145 Å². The summed E-state index contributed by atoms with van der Waals surface area (Å²) in [6.07, 6.45) is 0.491. The van der Waals surface area contributed by atoms with Gasteiger partial charge in [-0.05, 0) is 11.6 Å². The number of aromatic amines is 1. The van der Waals surface area contributed by atoms with Crippen LogP contribution in [0.1, 0.15) is 24.2 Å². The molecule has 7 nitrogen and oxygen atoms in total. The highest BCUT2D eigenvalue weighted by atomic mass is 16.2. The van der Waals surface area contributed by atoms with Gasteiger partial charge in [0.15, 0.2) is 0 Å². The molecule has 2 aliphatic rings. The van der Waals surface area contributed by atoms with E-state index in [1.54, 1.807) is 11.9 Å². The molecular weight excluding hydrogens is 320 g/mol. The van der Waals surface area contributed by atoms with E-state index in [4.69, 9.17) is 0 Å². The average Bonchev–Trinajstić information content (AvgIpc) is 2.95. The summed E-state index contributed by atoms with van der Waals surface area (Å²) < 4.78 is 0. The van der Waals surface area contributed by atoms with Crippen LogP contribution in [-0.4, -0.2) is 58.7 Å². The first-order valence-corrected chi connectivity index (χ1v) is 8.37. The molecule has 2 N–H and O–H groups in total. The number of fused-ring (bicyclic) bond motifs is 4. The Bertz CT molecular complexity index is 888. The van der Waals surface area contributed by atoms with Crippen molar-refractivity contribution in [3.8, 4) is 0 Å². The minimum atomic E-state index is -0.517. The number of rotatable bonds is 2. The van der Waals surface area contributed by atoms with Crippen LogP contribution in [0.25, 0.3) is 10.9 Å². The molecule has 1 aromatic heterocycles. The van der Waals surface area contributed by atoms with Gasteiger partial charge in [0.05, 0.1) is 12.6 Å². The number of H-pyrrole nitrogens is 1. The Kier molecular flexibility index (Phi) is 3.52. The molecule has 0 bridgehead atoms. The average molecular weight is 340 g/mol. The van der Waals surface area contributed by atoms with Gasteiger partial charge in [0.2, 0.25) is 17.7 Å². The molecular formula is C18H20N4O3. The van der Waals surface area contributed by atoms with Crippen LogP contribution in [0.5, 0.6) is 0 Å². The molecule has 3 heterocycles. The van der Waals surface area contributed by atoms with Crippen LogP contribution in [0.2, 0.25) is 0 Å². The van der Waals surface area contributed by atoms with Crippen molar-refractivity contribution < 1.29 is 14.4 Å². The zero-order chi connectivity index (χ0) is 17.7. The number of nitrogens with zero attached hydrogens (tertiary/aromatic N) is 2. The standard InChI is InChI=1S/C18H20N4O3/c1-10(23)19-8-15-17-12(11-5-3-4-6-13(11)20-17)7-14-18(25)21(2)9-16(24)22(14)15/h3-6,14-15,20H,7-9H2,1-2H3,(H,19,23)/t14-,15?/m1/s1. The summed E-state index contributed by atoms with van der Waals surface area (Å²) in [6.45, 7) is 1.80. The number of hydrogen-bond donors (Lipinski definition) is 2. The number of hydrogen-bond acceptors (Lipinski definition) is 3. The van der Waals surface area contributed by atoms with Crippen molar-refractivity contribution in [1.82, 2.24) is 20.1 Å². The number of likely N-dealkylation sites (N-methyl/N-ethyl adjacent to an activating group) is 1. The molecule has 0 aliphatic carbocycles. The van der Waals surface area contributed by atoms with Gasteiger partial charge in [-0.15, -0.1) is 0 Å². The van der Waals surface area contributed by atoms with Crippen LogP contribution < -0.4 is 5.32 Å². The summed E-state index contributed by atoms with van der Waals surface area (Å²) >= 11 is 0. The summed E-state index contributed by atoms with van der Waals surface area (Å²) in [5, 5.41) is 3.87. The lowest BCUT2D eigenvalue weighted by atomic mass is 9.89. The molecule has 2 atom stereocenters. The Balaban J connectivity index is 1.85. The lowest BCUT2D eigenvalue weighted by Gasteiger charge is -2.46. The Hall–Kier alpha value is -2.83. The first-order chi connectivity index (χ1) is 12.0. The van der Waals surface area contributed by atoms with Crippen LogP contribution >= 0.6 is 0 Å². The fourth-order valence-electron chi connectivity index (χ4n) is 3.98. The predicted octanol–water partition coefficient (Wildman–Crippen LogP) is 0.570. The molecule has 0 spiro atoms. The minimum Gasteiger partial charge on any atom is -0.356 e. The van der Waals surface area contributed by atoms with Crippen molar-refractivity contribution in [1.29, 1.82) is 0 Å². The molecule has 0 saturated carbocycles. The number of aromatic nitrogens is 1. The molecule has 1 saturated heterocycles. The molecule has 3 amide bonds. The number of para-hydroxylation sites is 1. The summed E-state index contributed by atoms with van der Waals surface area (Å²) in [4.78, 5) is 43.3. The van der Waals surface area contributed by atoms with Gasteiger partial charge in [0.1, 0.15) is 6.04 Å². The van der Waals surface area contributed by atoms with Gasteiger partial charge in [0, 0.05) is 43.5 Å². The fourth-order valence-corrected chi connectivity index (χ4v) is 3.98. The van der Waals surface area contributed by atoms with Crippen LogP contribution in [0.4, 0.5) is 0 Å².